The van der Waals surface area contributed by atoms with Crippen molar-refractivity contribution in [2.24, 2.45) is 5.92 Å². The Balaban J connectivity index is 1.35. The maximum absolute atomic E-state index is 4.88. The molecule has 5 nitrogen and oxygen atoms in total. The molecule has 1 aromatic carbocycles. The number of anilines is 2. The first kappa shape index (κ1) is 17.3. The zero-order valence-electron chi connectivity index (χ0n) is 15.7. The van der Waals surface area contributed by atoms with Crippen LogP contribution in [0.2, 0.25) is 0 Å². The Hall–Kier alpha value is -2.14. The van der Waals surface area contributed by atoms with Crippen LogP contribution < -0.4 is 9.80 Å². The van der Waals surface area contributed by atoms with E-state index in [4.69, 9.17) is 4.98 Å². The Bertz CT molecular complexity index is 689. The summed E-state index contributed by atoms with van der Waals surface area (Å²) in [5.41, 5.74) is 1.46. The Kier molecular flexibility index (Phi) is 5.34. The van der Waals surface area contributed by atoms with Gasteiger partial charge < -0.3 is 14.7 Å². The standard InChI is InChI=1S/C21H29N5/c1-24-13-15-26(16-14-24)21-22-10-7-20(23-21)25-11-8-19(9-12-25)17-18-5-3-2-4-6-18/h2-7,10,19H,8-9,11-17H2,1H3. The summed E-state index contributed by atoms with van der Waals surface area (Å²) in [6, 6.07) is 12.9. The van der Waals surface area contributed by atoms with Crippen LogP contribution >= 0.6 is 0 Å². The number of likely N-dealkylation sites (N-methyl/N-ethyl adjacent to an activating group) is 1. The second-order valence-electron chi connectivity index (χ2n) is 7.63. The topological polar surface area (TPSA) is 35.5 Å². The van der Waals surface area contributed by atoms with Gasteiger partial charge >= 0.3 is 0 Å². The Labute approximate surface area is 156 Å². The smallest absolute Gasteiger partial charge is 0.227 e. The van der Waals surface area contributed by atoms with Crippen LogP contribution in [0, 0.1) is 5.92 Å². The van der Waals surface area contributed by atoms with Crippen molar-refractivity contribution in [2.75, 3.05) is 56.1 Å². The second kappa shape index (κ2) is 8.04. The van der Waals surface area contributed by atoms with Crippen molar-refractivity contribution in [3.05, 3.63) is 48.2 Å². The normalized spacial score (nSPS) is 19.7. The van der Waals surface area contributed by atoms with Gasteiger partial charge in [-0.05, 0) is 43.9 Å². The van der Waals surface area contributed by atoms with Gasteiger partial charge in [0.05, 0.1) is 0 Å². The summed E-state index contributed by atoms with van der Waals surface area (Å²) in [6.45, 7) is 6.38. The monoisotopic (exact) mass is 351 g/mol. The van der Waals surface area contributed by atoms with Gasteiger partial charge in [-0.15, -0.1) is 0 Å². The van der Waals surface area contributed by atoms with Gasteiger partial charge in [-0.1, -0.05) is 30.3 Å². The summed E-state index contributed by atoms with van der Waals surface area (Å²) in [5.74, 6) is 2.77. The summed E-state index contributed by atoms with van der Waals surface area (Å²) >= 11 is 0. The SMILES string of the molecule is CN1CCN(c2nccc(N3CCC(Cc4ccccc4)CC3)n2)CC1. The molecule has 0 aliphatic carbocycles. The summed E-state index contributed by atoms with van der Waals surface area (Å²) in [4.78, 5) is 16.5. The van der Waals surface area contributed by atoms with E-state index < -0.39 is 0 Å². The molecule has 2 aliphatic rings. The number of piperazine rings is 1. The fraction of sp³-hybridized carbons (Fsp3) is 0.524. The predicted molar refractivity (Wildman–Crippen MR) is 107 cm³/mol. The fourth-order valence-electron chi connectivity index (χ4n) is 3.99. The molecule has 0 bridgehead atoms. The van der Waals surface area contributed by atoms with E-state index in [-0.39, 0.29) is 0 Å². The molecule has 0 saturated carbocycles. The van der Waals surface area contributed by atoms with E-state index in [1.807, 2.05) is 6.20 Å². The van der Waals surface area contributed by atoms with Crippen LogP contribution in [0.1, 0.15) is 18.4 Å². The lowest BCUT2D eigenvalue weighted by Gasteiger charge is -2.35. The molecule has 0 unspecified atom stereocenters. The minimum atomic E-state index is 0.785. The average molecular weight is 351 g/mol. The lowest BCUT2D eigenvalue weighted by atomic mass is 9.90. The molecule has 2 saturated heterocycles. The summed E-state index contributed by atoms with van der Waals surface area (Å²) in [5, 5.41) is 0. The molecule has 0 radical (unpaired) electrons. The molecule has 138 valence electrons. The summed E-state index contributed by atoms with van der Waals surface area (Å²) in [6.07, 6.45) is 5.60. The van der Waals surface area contributed by atoms with E-state index in [0.717, 1.165) is 57.0 Å². The van der Waals surface area contributed by atoms with Crippen LogP contribution in [0.3, 0.4) is 0 Å². The van der Waals surface area contributed by atoms with Crippen molar-refractivity contribution in [1.82, 2.24) is 14.9 Å². The molecule has 4 rings (SSSR count). The quantitative estimate of drug-likeness (QED) is 0.846. The molecule has 2 aliphatic heterocycles. The minimum Gasteiger partial charge on any atom is -0.356 e. The molecule has 0 N–H and O–H groups in total. The van der Waals surface area contributed by atoms with Crippen molar-refractivity contribution in [3.8, 4) is 0 Å². The molecular formula is C21H29N5. The van der Waals surface area contributed by atoms with E-state index in [1.54, 1.807) is 0 Å². The summed E-state index contributed by atoms with van der Waals surface area (Å²) in [7, 11) is 2.17. The highest BCUT2D eigenvalue weighted by Crippen LogP contribution is 2.25. The van der Waals surface area contributed by atoms with Crippen LogP contribution in [0.5, 0.6) is 0 Å². The molecule has 2 fully saturated rings. The van der Waals surface area contributed by atoms with E-state index in [1.165, 1.54) is 24.8 Å². The highest BCUT2D eigenvalue weighted by molar-refractivity contribution is 5.44. The highest BCUT2D eigenvalue weighted by Gasteiger charge is 2.22. The zero-order valence-corrected chi connectivity index (χ0v) is 15.7. The number of rotatable bonds is 4. The molecular weight excluding hydrogens is 322 g/mol. The van der Waals surface area contributed by atoms with Gasteiger partial charge in [-0.25, -0.2) is 4.98 Å². The first-order valence-electron chi connectivity index (χ1n) is 9.83. The van der Waals surface area contributed by atoms with Crippen LogP contribution in [0.15, 0.2) is 42.6 Å². The number of benzene rings is 1. The highest BCUT2D eigenvalue weighted by atomic mass is 15.3. The van der Waals surface area contributed by atoms with E-state index in [0.29, 0.717) is 0 Å². The predicted octanol–water partition coefficient (Wildman–Crippen LogP) is 2.69. The Morgan fingerprint density at radius 3 is 2.35 bits per heavy atom. The van der Waals surface area contributed by atoms with Crippen molar-refractivity contribution >= 4 is 11.8 Å². The largest absolute Gasteiger partial charge is 0.356 e. The van der Waals surface area contributed by atoms with Crippen molar-refractivity contribution in [2.45, 2.75) is 19.3 Å². The van der Waals surface area contributed by atoms with Crippen LogP contribution in [-0.2, 0) is 6.42 Å². The van der Waals surface area contributed by atoms with Crippen LogP contribution in [-0.4, -0.2) is 61.2 Å². The number of aromatic nitrogens is 2. The number of hydrogen-bond acceptors (Lipinski definition) is 5. The minimum absolute atomic E-state index is 0.785. The third-order valence-corrected chi connectivity index (χ3v) is 5.72. The van der Waals surface area contributed by atoms with E-state index in [9.17, 15) is 0 Å². The molecule has 2 aromatic rings. The lowest BCUT2D eigenvalue weighted by Crippen LogP contribution is -2.45. The number of piperidine rings is 1. The van der Waals surface area contributed by atoms with Gasteiger partial charge in [-0.3, -0.25) is 0 Å². The Morgan fingerprint density at radius 1 is 0.885 bits per heavy atom. The third-order valence-electron chi connectivity index (χ3n) is 5.72. The van der Waals surface area contributed by atoms with Gasteiger partial charge in [0.2, 0.25) is 5.95 Å². The van der Waals surface area contributed by atoms with Crippen molar-refractivity contribution < 1.29 is 0 Å². The molecule has 0 amide bonds. The zero-order chi connectivity index (χ0) is 17.8. The molecule has 1 aromatic heterocycles. The fourth-order valence-corrected chi connectivity index (χ4v) is 3.99. The van der Waals surface area contributed by atoms with Gasteiger partial charge in [0.15, 0.2) is 0 Å². The lowest BCUT2D eigenvalue weighted by molar-refractivity contribution is 0.311. The third kappa shape index (κ3) is 4.15. The first-order valence-corrected chi connectivity index (χ1v) is 9.83. The van der Waals surface area contributed by atoms with Crippen LogP contribution in [0.4, 0.5) is 11.8 Å². The van der Waals surface area contributed by atoms with E-state index in [2.05, 4.69) is 63.1 Å². The second-order valence-corrected chi connectivity index (χ2v) is 7.63. The molecule has 0 spiro atoms. The maximum atomic E-state index is 4.88. The number of nitrogens with zero attached hydrogens (tertiary/aromatic N) is 5. The van der Waals surface area contributed by atoms with Crippen molar-refractivity contribution in [1.29, 1.82) is 0 Å². The van der Waals surface area contributed by atoms with Gasteiger partial charge in [0.25, 0.3) is 0 Å². The number of hydrogen-bond donors (Lipinski definition) is 0. The summed E-state index contributed by atoms with van der Waals surface area (Å²) < 4.78 is 0. The Morgan fingerprint density at radius 2 is 1.62 bits per heavy atom. The van der Waals surface area contributed by atoms with E-state index >= 15 is 0 Å². The molecule has 26 heavy (non-hydrogen) atoms. The maximum Gasteiger partial charge on any atom is 0.227 e. The van der Waals surface area contributed by atoms with Gasteiger partial charge in [-0.2, -0.15) is 4.98 Å². The molecule has 0 atom stereocenters. The molecule has 3 heterocycles. The van der Waals surface area contributed by atoms with Crippen LogP contribution in [0.25, 0.3) is 0 Å². The first-order chi connectivity index (χ1) is 12.8. The van der Waals surface area contributed by atoms with Gasteiger partial charge in [0.1, 0.15) is 5.82 Å². The van der Waals surface area contributed by atoms with Crippen molar-refractivity contribution in [3.63, 3.8) is 0 Å². The average Bonchev–Trinajstić information content (AvgIpc) is 2.70. The molecule has 5 heteroatoms. The van der Waals surface area contributed by atoms with Gasteiger partial charge in [0, 0.05) is 45.5 Å².